The molecule has 0 amide bonds. The van der Waals surface area contributed by atoms with Crippen molar-refractivity contribution < 1.29 is 4.74 Å². The number of benzene rings is 3. The van der Waals surface area contributed by atoms with Crippen molar-refractivity contribution in [2.24, 2.45) is 0 Å². The summed E-state index contributed by atoms with van der Waals surface area (Å²) >= 11 is 0. The molecule has 3 aromatic carbocycles. The Morgan fingerprint density at radius 1 is 0.824 bits per heavy atom. The third-order valence-electron chi connectivity index (χ3n) is 6.05. The van der Waals surface area contributed by atoms with Crippen LogP contribution in [0, 0.1) is 6.92 Å². The van der Waals surface area contributed by atoms with Gasteiger partial charge in [0, 0.05) is 6.07 Å². The molecule has 7 nitrogen and oxygen atoms in total. The van der Waals surface area contributed by atoms with Crippen molar-refractivity contribution in [3.63, 3.8) is 0 Å². The van der Waals surface area contributed by atoms with Crippen LogP contribution in [0.5, 0.6) is 5.75 Å². The molecule has 6 aromatic rings. The number of nitrogens with zero attached hydrogens (tertiary/aromatic N) is 5. The Morgan fingerprint density at radius 2 is 1.56 bits per heavy atom. The average molecular weight is 447 g/mol. The predicted molar refractivity (Wildman–Crippen MR) is 133 cm³/mol. The average Bonchev–Trinajstić information content (AvgIpc) is 3.18. The maximum absolute atomic E-state index is 13.9. The molecule has 3 heterocycles. The van der Waals surface area contributed by atoms with Crippen molar-refractivity contribution >= 4 is 33.2 Å². The molecule has 0 atom stereocenters. The third kappa shape index (κ3) is 3.13. The van der Waals surface area contributed by atoms with Gasteiger partial charge in [-0.15, -0.1) is 0 Å². The van der Waals surface area contributed by atoms with Crippen LogP contribution in [-0.4, -0.2) is 31.2 Å². The summed E-state index contributed by atoms with van der Waals surface area (Å²) in [6.07, 6.45) is 0. The molecule has 0 saturated carbocycles. The van der Waals surface area contributed by atoms with E-state index >= 15 is 0 Å². The molecule has 0 radical (unpaired) electrons. The predicted octanol–water partition coefficient (Wildman–Crippen LogP) is 4.65. The highest BCUT2D eigenvalue weighted by Crippen LogP contribution is 2.30. The number of ether oxygens (including phenoxy) is 1. The van der Waals surface area contributed by atoms with E-state index in [1.54, 1.807) is 11.7 Å². The van der Waals surface area contributed by atoms with Crippen molar-refractivity contribution in [1.29, 1.82) is 0 Å². The summed E-state index contributed by atoms with van der Waals surface area (Å²) in [4.78, 5) is 28.6. The molecule has 0 aliphatic heterocycles. The highest BCUT2D eigenvalue weighted by molar-refractivity contribution is 6.05. The molecule has 0 aliphatic rings. The minimum Gasteiger partial charge on any atom is -0.497 e. The van der Waals surface area contributed by atoms with Crippen LogP contribution in [-0.2, 0) is 6.54 Å². The topological polar surface area (TPSA) is 74.8 Å². The quantitative estimate of drug-likeness (QED) is 0.393. The summed E-state index contributed by atoms with van der Waals surface area (Å²) in [5, 5.41) is 0.456. The molecule has 3 aromatic heterocycles. The van der Waals surface area contributed by atoms with Gasteiger partial charge >= 0.3 is 0 Å². The van der Waals surface area contributed by atoms with Gasteiger partial charge in [0.2, 0.25) is 0 Å². The van der Waals surface area contributed by atoms with E-state index in [4.69, 9.17) is 19.7 Å². The van der Waals surface area contributed by atoms with Crippen molar-refractivity contribution in [2.75, 3.05) is 7.11 Å². The fourth-order valence-corrected chi connectivity index (χ4v) is 4.38. The molecule has 7 heteroatoms. The first kappa shape index (κ1) is 20.1. The van der Waals surface area contributed by atoms with Crippen LogP contribution < -0.4 is 10.3 Å². The van der Waals surface area contributed by atoms with Gasteiger partial charge in [0.1, 0.15) is 22.5 Å². The van der Waals surface area contributed by atoms with Gasteiger partial charge in [0.15, 0.2) is 11.3 Å². The van der Waals surface area contributed by atoms with Gasteiger partial charge in [-0.1, -0.05) is 48.5 Å². The van der Waals surface area contributed by atoms with Gasteiger partial charge in [0.05, 0.1) is 30.4 Å². The monoisotopic (exact) mass is 447 g/mol. The molecule has 0 spiro atoms. The van der Waals surface area contributed by atoms with Gasteiger partial charge < -0.3 is 4.74 Å². The summed E-state index contributed by atoms with van der Waals surface area (Å²) in [5.41, 5.74) is 4.84. The van der Waals surface area contributed by atoms with E-state index < -0.39 is 0 Å². The first-order valence-electron chi connectivity index (χ1n) is 11.0. The lowest BCUT2D eigenvalue weighted by atomic mass is 10.2. The summed E-state index contributed by atoms with van der Waals surface area (Å²) < 4.78 is 9.04. The molecule has 0 saturated heterocycles. The molecule has 0 unspecified atom stereocenters. The largest absolute Gasteiger partial charge is 0.497 e. The van der Waals surface area contributed by atoms with Gasteiger partial charge in [-0.2, -0.15) is 0 Å². The number of fused-ring (bicyclic) bond motifs is 4. The van der Waals surface area contributed by atoms with E-state index in [1.165, 1.54) is 0 Å². The maximum Gasteiger partial charge on any atom is 0.265 e. The Balaban J connectivity index is 1.73. The minimum atomic E-state index is -0.136. The number of rotatable bonds is 4. The number of para-hydroxylation sites is 2. The Hall–Kier alpha value is -4.52. The molecule has 0 N–H and O–H groups in total. The first-order chi connectivity index (χ1) is 16.6. The number of hydrogen-bond acceptors (Lipinski definition) is 5. The van der Waals surface area contributed by atoms with Crippen molar-refractivity contribution in [1.82, 2.24) is 24.1 Å². The van der Waals surface area contributed by atoms with Crippen molar-refractivity contribution in [3.05, 3.63) is 101 Å². The van der Waals surface area contributed by atoms with E-state index in [0.29, 0.717) is 40.3 Å². The van der Waals surface area contributed by atoms with Crippen LogP contribution in [0.3, 0.4) is 0 Å². The summed E-state index contributed by atoms with van der Waals surface area (Å²) in [5.74, 6) is 1.33. The zero-order chi connectivity index (χ0) is 23.2. The first-order valence-corrected chi connectivity index (χ1v) is 11.0. The van der Waals surface area contributed by atoms with Gasteiger partial charge in [-0.05, 0) is 36.8 Å². The molecule has 0 fully saturated rings. The summed E-state index contributed by atoms with van der Waals surface area (Å²) in [7, 11) is 1.63. The Labute approximate surface area is 194 Å². The van der Waals surface area contributed by atoms with Crippen molar-refractivity contribution in [2.45, 2.75) is 13.5 Å². The SMILES string of the molecule is COc1cccc(-n2c3nc4ccccc4nc3c3c(=O)n(Cc4ccccc4)c(C)nc32)c1. The van der Waals surface area contributed by atoms with Crippen molar-refractivity contribution in [3.8, 4) is 11.4 Å². The molecule has 34 heavy (non-hydrogen) atoms. The van der Waals surface area contributed by atoms with Crippen LogP contribution in [0.2, 0.25) is 0 Å². The number of aryl methyl sites for hydroxylation is 1. The van der Waals surface area contributed by atoms with E-state index in [2.05, 4.69) is 0 Å². The molecular formula is C27H21N5O2. The van der Waals surface area contributed by atoms with E-state index in [-0.39, 0.29) is 5.56 Å². The lowest BCUT2D eigenvalue weighted by Crippen LogP contribution is -2.24. The smallest absolute Gasteiger partial charge is 0.265 e. The third-order valence-corrected chi connectivity index (χ3v) is 6.05. The van der Waals surface area contributed by atoms with Crippen LogP contribution >= 0.6 is 0 Å². The lowest BCUT2D eigenvalue weighted by Gasteiger charge is -2.11. The van der Waals surface area contributed by atoms with E-state index in [9.17, 15) is 4.79 Å². The highest BCUT2D eigenvalue weighted by Gasteiger charge is 2.22. The van der Waals surface area contributed by atoms with Gasteiger partial charge in [-0.3, -0.25) is 13.9 Å². The highest BCUT2D eigenvalue weighted by atomic mass is 16.5. The van der Waals surface area contributed by atoms with E-state index in [0.717, 1.165) is 22.3 Å². The lowest BCUT2D eigenvalue weighted by molar-refractivity contribution is 0.414. The Bertz CT molecular complexity index is 1750. The molecular weight excluding hydrogens is 426 g/mol. The standard InChI is InChI=1S/C27H21N5O2/c1-17-28-25-23(27(33)31(17)16-18-9-4-3-5-10-18)24-26(30-22-14-7-6-13-21(22)29-24)32(25)19-11-8-12-20(15-19)34-2/h3-15H,16H2,1-2H3. The van der Waals surface area contributed by atoms with E-state index in [1.807, 2.05) is 90.4 Å². The number of aromatic nitrogens is 5. The maximum atomic E-state index is 13.9. The van der Waals surface area contributed by atoms with Gasteiger partial charge in [-0.25, -0.2) is 15.0 Å². The Morgan fingerprint density at radius 3 is 2.32 bits per heavy atom. The minimum absolute atomic E-state index is 0.136. The molecule has 0 bridgehead atoms. The number of hydrogen-bond donors (Lipinski definition) is 0. The molecule has 0 aliphatic carbocycles. The van der Waals surface area contributed by atoms with Gasteiger partial charge in [0.25, 0.3) is 5.56 Å². The normalized spacial score (nSPS) is 11.5. The fourth-order valence-electron chi connectivity index (χ4n) is 4.38. The second kappa shape index (κ2) is 7.81. The second-order valence-electron chi connectivity index (χ2n) is 8.16. The van der Waals surface area contributed by atoms with Crippen LogP contribution in [0.25, 0.3) is 38.9 Å². The molecule has 6 rings (SSSR count). The van der Waals surface area contributed by atoms with Crippen LogP contribution in [0.1, 0.15) is 11.4 Å². The second-order valence-corrected chi connectivity index (χ2v) is 8.16. The zero-order valence-electron chi connectivity index (χ0n) is 18.8. The summed E-state index contributed by atoms with van der Waals surface area (Å²) in [6.45, 7) is 2.29. The summed E-state index contributed by atoms with van der Waals surface area (Å²) in [6, 6.07) is 25.2. The van der Waals surface area contributed by atoms with Crippen LogP contribution in [0.15, 0.2) is 83.7 Å². The fraction of sp³-hybridized carbons (Fsp3) is 0.111. The zero-order valence-corrected chi connectivity index (χ0v) is 18.8. The molecule has 166 valence electrons. The Kier molecular flexibility index (Phi) is 4.62. The number of methoxy groups -OCH3 is 1. The van der Waals surface area contributed by atoms with Crippen LogP contribution in [0.4, 0.5) is 0 Å².